The van der Waals surface area contributed by atoms with Gasteiger partial charge in [0.2, 0.25) is 0 Å². The minimum Gasteiger partial charge on any atom is -0.469 e. The summed E-state index contributed by atoms with van der Waals surface area (Å²) in [6, 6.07) is 6.35. The van der Waals surface area contributed by atoms with Gasteiger partial charge in [0.25, 0.3) is 5.92 Å². The lowest BCUT2D eigenvalue weighted by atomic mass is 9.85. The first-order valence-electron chi connectivity index (χ1n) is 6.68. The molecule has 0 aliphatic carbocycles. The Morgan fingerprint density at radius 2 is 1.95 bits per heavy atom. The van der Waals surface area contributed by atoms with Crippen LogP contribution in [0.15, 0.2) is 24.3 Å². The van der Waals surface area contributed by atoms with E-state index >= 15 is 0 Å². The Labute approximate surface area is 117 Å². The van der Waals surface area contributed by atoms with Crippen LogP contribution in [0.3, 0.4) is 0 Å². The van der Waals surface area contributed by atoms with Gasteiger partial charge in [-0.15, -0.1) is 0 Å². The van der Waals surface area contributed by atoms with Crippen molar-refractivity contribution in [2.45, 2.75) is 25.2 Å². The fourth-order valence-corrected chi connectivity index (χ4v) is 2.59. The van der Waals surface area contributed by atoms with Crippen LogP contribution < -0.4 is 5.32 Å². The quantitative estimate of drug-likeness (QED) is 0.867. The standard InChI is InChI=1S/C15H19F2NO2/c1-15(16,17)13-5-3-10(4-6-13)11-7-12(9-18-8-11)14(19)20-2/h3-6,11-12,18H,7-9H2,1-2H3. The second-order valence-corrected chi connectivity index (χ2v) is 5.32. The molecule has 1 saturated heterocycles. The molecule has 0 amide bonds. The minimum atomic E-state index is -2.82. The highest BCUT2D eigenvalue weighted by atomic mass is 19.3. The van der Waals surface area contributed by atoms with Gasteiger partial charge in [-0.25, -0.2) is 8.78 Å². The van der Waals surface area contributed by atoms with Gasteiger partial charge in [0.05, 0.1) is 13.0 Å². The van der Waals surface area contributed by atoms with Crippen LogP contribution in [0, 0.1) is 5.92 Å². The highest BCUT2D eigenvalue weighted by Gasteiger charge is 2.29. The number of rotatable bonds is 3. The molecule has 1 aromatic rings. The summed E-state index contributed by atoms with van der Waals surface area (Å²) in [6.07, 6.45) is 0.682. The van der Waals surface area contributed by atoms with E-state index in [9.17, 15) is 13.6 Å². The lowest BCUT2D eigenvalue weighted by Crippen LogP contribution is -2.39. The molecule has 1 N–H and O–H groups in total. The zero-order valence-electron chi connectivity index (χ0n) is 11.7. The molecule has 0 spiro atoms. The summed E-state index contributed by atoms with van der Waals surface area (Å²) in [5.41, 5.74) is 0.980. The molecular weight excluding hydrogens is 264 g/mol. The number of piperidine rings is 1. The number of nitrogens with one attached hydrogen (secondary N) is 1. The molecular formula is C15H19F2NO2. The van der Waals surface area contributed by atoms with E-state index in [1.807, 2.05) is 0 Å². The first-order valence-corrected chi connectivity index (χ1v) is 6.68. The zero-order valence-corrected chi connectivity index (χ0v) is 11.7. The van der Waals surface area contributed by atoms with Crippen LogP contribution in [0.5, 0.6) is 0 Å². The number of hydrogen-bond acceptors (Lipinski definition) is 3. The molecule has 1 heterocycles. The van der Waals surface area contributed by atoms with Crippen molar-refractivity contribution in [2.75, 3.05) is 20.2 Å². The molecule has 2 unspecified atom stereocenters. The Balaban J connectivity index is 2.09. The molecule has 1 fully saturated rings. The van der Waals surface area contributed by atoms with E-state index in [2.05, 4.69) is 5.32 Å². The van der Waals surface area contributed by atoms with Crippen molar-refractivity contribution < 1.29 is 18.3 Å². The summed E-state index contributed by atoms with van der Waals surface area (Å²) in [5, 5.41) is 3.19. The van der Waals surface area contributed by atoms with E-state index < -0.39 is 5.92 Å². The summed E-state index contributed by atoms with van der Waals surface area (Å²) < 4.78 is 31.1. The van der Waals surface area contributed by atoms with Gasteiger partial charge in [-0.1, -0.05) is 24.3 Å². The molecule has 2 rings (SSSR count). The van der Waals surface area contributed by atoms with Gasteiger partial charge in [0, 0.05) is 25.6 Å². The van der Waals surface area contributed by atoms with Gasteiger partial charge in [-0.05, 0) is 17.9 Å². The number of ether oxygens (including phenoxy) is 1. The maximum Gasteiger partial charge on any atom is 0.309 e. The fraction of sp³-hybridized carbons (Fsp3) is 0.533. The molecule has 5 heteroatoms. The molecule has 1 aromatic carbocycles. The van der Waals surface area contributed by atoms with Gasteiger partial charge in [-0.2, -0.15) is 0 Å². The van der Waals surface area contributed by atoms with E-state index in [1.165, 1.54) is 19.2 Å². The Morgan fingerprint density at radius 1 is 1.30 bits per heavy atom. The molecule has 1 aliphatic heterocycles. The number of carbonyl (C=O) groups is 1. The lowest BCUT2D eigenvalue weighted by molar-refractivity contribution is -0.146. The second-order valence-electron chi connectivity index (χ2n) is 5.32. The molecule has 0 radical (unpaired) electrons. The summed E-state index contributed by atoms with van der Waals surface area (Å²) in [5.74, 6) is -3.07. The summed E-state index contributed by atoms with van der Waals surface area (Å²) >= 11 is 0. The number of halogens is 2. The normalized spacial score (nSPS) is 23.4. The molecule has 1 aliphatic rings. The fourth-order valence-electron chi connectivity index (χ4n) is 2.59. The highest BCUT2D eigenvalue weighted by Crippen LogP contribution is 2.31. The summed E-state index contributed by atoms with van der Waals surface area (Å²) in [6.45, 7) is 2.24. The van der Waals surface area contributed by atoms with Crippen LogP contribution in [-0.2, 0) is 15.5 Å². The number of methoxy groups -OCH3 is 1. The van der Waals surface area contributed by atoms with Crippen LogP contribution in [0.2, 0.25) is 0 Å². The molecule has 2 atom stereocenters. The summed E-state index contributed by atoms with van der Waals surface area (Å²) in [7, 11) is 1.38. The van der Waals surface area contributed by atoms with Crippen molar-refractivity contribution in [3.63, 3.8) is 0 Å². The maximum absolute atomic E-state index is 13.2. The number of benzene rings is 1. The third-order valence-electron chi connectivity index (χ3n) is 3.77. The molecule has 0 bridgehead atoms. The average molecular weight is 283 g/mol. The second kappa shape index (κ2) is 5.87. The van der Waals surface area contributed by atoms with Crippen LogP contribution in [-0.4, -0.2) is 26.2 Å². The van der Waals surface area contributed by atoms with Gasteiger partial charge >= 0.3 is 5.97 Å². The Bertz CT molecular complexity index is 468. The van der Waals surface area contributed by atoms with Crippen molar-refractivity contribution in [2.24, 2.45) is 5.92 Å². The van der Waals surface area contributed by atoms with Crippen LogP contribution in [0.4, 0.5) is 8.78 Å². The van der Waals surface area contributed by atoms with Crippen LogP contribution in [0.1, 0.15) is 30.4 Å². The number of esters is 1. The average Bonchev–Trinajstić information content (AvgIpc) is 2.46. The van der Waals surface area contributed by atoms with Crippen molar-refractivity contribution >= 4 is 5.97 Å². The molecule has 0 saturated carbocycles. The van der Waals surface area contributed by atoms with E-state index in [1.54, 1.807) is 12.1 Å². The third-order valence-corrected chi connectivity index (χ3v) is 3.77. The zero-order chi connectivity index (χ0) is 14.8. The smallest absolute Gasteiger partial charge is 0.309 e. The predicted octanol–water partition coefficient (Wildman–Crippen LogP) is 2.66. The third kappa shape index (κ3) is 3.33. The number of hydrogen-bond donors (Lipinski definition) is 1. The molecule has 0 aromatic heterocycles. The van der Waals surface area contributed by atoms with E-state index in [0.717, 1.165) is 19.0 Å². The SMILES string of the molecule is COC(=O)C1CNCC(c2ccc(C(C)(F)F)cc2)C1. The number of carbonyl (C=O) groups excluding carboxylic acids is 1. The van der Waals surface area contributed by atoms with E-state index in [0.29, 0.717) is 13.0 Å². The van der Waals surface area contributed by atoms with Crippen molar-refractivity contribution in [3.8, 4) is 0 Å². The lowest BCUT2D eigenvalue weighted by Gasteiger charge is -2.29. The van der Waals surface area contributed by atoms with Crippen LogP contribution in [0.25, 0.3) is 0 Å². The first-order chi connectivity index (χ1) is 9.41. The van der Waals surface area contributed by atoms with Crippen molar-refractivity contribution in [3.05, 3.63) is 35.4 Å². The van der Waals surface area contributed by atoms with Crippen LogP contribution >= 0.6 is 0 Å². The topological polar surface area (TPSA) is 38.3 Å². The van der Waals surface area contributed by atoms with Gasteiger partial charge in [0.15, 0.2) is 0 Å². The van der Waals surface area contributed by atoms with Gasteiger partial charge in [-0.3, -0.25) is 4.79 Å². The van der Waals surface area contributed by atoms with Gasteiger partial charge < -0.3 is 10.1 Å². The van der Waals surface area contributed by atoms with Gasteiger partial charge in [0.1, 0.15) is 0 Å². The Morgan fingerprint density at radius 3 is 2.50 bits per heavy atom. The summed E-state index contributed by atoms with van der Waals surface area (Å²) in [4.78, 5) is 11.6. The predicted molar refractivity (Wildman–Crippen MR) is 71.7 cm³/mol. The molecule has 20 heavy (non-hydrogen) atoms. The monoisotopic (exact) mass is 283 g/mol. The largest absolute Gasteiger partial charge is 0.469 e. The Kier molecular flexibility index (Phi) is 4.38. The number of alkyl halides is 2. The van der Waals surface area contributed by atoms with Crippen molar-refractivity contribution in [1.82, 2.24) is 5.32 Å². The molecule has 3 nitrogen and oxygen atoms in total. The molecule has 110 valence electrons. The minimum absolute atomic E-state index is 0.00883. The first kappa shape index (κ1) is 14.9. The maximum atomic E-state index is 13.2. The van der Waals surface area contributed by atoms with Crippen molar-refractivity contribution in [1.29, 1.82) is 0 Å². The van der Waals surface area contributed by atoms with E-state index in [4.69, 9.17) is 4.74 Å². The highest BCUT2D eigenvalue weighted by molar-refractivity contribution is 5.72. The Hall–Kier alpha value is -1.49. The van der Waals surface area contributed by atoms with E-state index in [-0.39, 0.29) is 23.4 Å².